The number of hydrogen-bond acceptors (Lipinski definition) is 5. The van der Waals surface area contributed by atoms with Crippen LogP contribution in [0.4, 0.5) is 8.78 Å². The minimum atomic E-state index is -2.91. The van der Waals surface area contributed by atoms with E-state index in [4.69, 9.17) is 9.47 Å². The van der Waals surface area contributed by atoms with E-state index in [1.807, 2.05) is 14.0 Å². The fourth-order valence-corrected chi connectivity index (χ4v) is 2.46. The van der Waals surface area contributed by atoms with Crippen LogP contribution in [0.5, 0.6) is 11.5 Å². The predicted molar refractivity (Wildman–Crippen MR) is 122 cm³/mol. The van der Waals surface area contributed by atoms with Crippen LogP contribution in [-0.2, 0) is 11.3 Å². The van der Waals surface area contributed by atoms with Gasteiger partial charge in [0.05, 0.1) is 13.7 Å². The first kappa shape index (κ1) is 27.6. The molecular weight excluding hydrogens is 497 g/mol. The number of ether oxygens (including phenoxy) is 3. The van der Waals surface area contributed by atoms with Crippen LogP contribution in [0.15, 0.2) is 23.2 Å². The number of guanidine groups is 1. The largest absolute Gasteiger partial charge is 0.497 e. The van der Waals surface area contributed by atoms with Crippen molar-refractivity contribution in [3.8, 4) is 11.5 Å². The summed E-state index contributed by atoms with van der Waals surface area (Å²) in [6, 6.07) is 4.80. The Balaban J connectivity index is 0.00000784. The van der Waals surface area contributed by atoms with Crippen molar-refractivity contribution < 1.29 is 23.0 Å². The zero-order valence-corrected chi connectivity index (χ0v) is 19.9. The molecule has 0 bridgehead atoms. The third kappa shape index (κ3) is 12.0. The predicted octanol–water partition coefficient (Wildman–Crippen LogP) is 2.94. The van der Waals surface area contributed by atoms with E-state index < -0.39 is 6.61 Å². The first-order chi connectivity index (χ1) is 13.5. The van der Waals surface area contributed by atoms with Crippen LogP contribution >= 0.6 is 24.0 Å². The summed E-state index contributed by atoms with van der Waals surface area (Å²) in [6.45, 7) is 3.19. The molecule has 0 fully saturated rings. The Labute approximate surface area is 189 Å². The molecule has 0 atom stereocenters. The SMILES string of the molecule is CCNC(=NCc1ccc(OC)cc1OC(F)F)NCCN(C)CCCOC.I. The van der Waals surface area contributed by atoms with Crippen LogP contribution in [-0.4, -0.2) is 71.5 Å². The number of nitrogens with zero attached hydrogens (tertiary/aromatic N) is 2. The molecule has 168 valence electrons. The summed E-state index contributed by atoms with van der Waals surface area (Å²) in [5.74, 6) is 1.13. The van der Waals surface area contributed by atoms with Gasteiger partial charge < -0.3 is 29.7 Å². The Morgan fingerprint density at radius 3 is 2.59 bits per heavy atom. The molecule has 1 aromatic carbocycles. The highest BCUT2D eigenvalue weighted by molar-refractivity contribution is 14.0. The van der Waals surface area contributed by atoms with Crippen molar-refractivity contribution in [1.82, 2.24) is 15.5 Å². The Hall–Kier alpha value is -1.40. The topological polar surface area (TPSA) is 67.4 Å². The van der Waals surface area contributed by atoms with E-state index in [9.17, 15) is 8.78 Å². The van der Waals surface area contributed by atoms with Crippen molar-refractivity contribution in [2.24, 2.45) is 4.99 Å². The molecule has 7 nitrogen and oxygen atoms in total. The maximum absolute atomic E-state index is 12.7. The van der Waals surface area contributed by atoms with Crippen LogP contribution in [0.3, 0.4) is 0 Å². The van der Waals surface area contributed by atoms with E-state index in [0.29, 0.717) is 30.4 Å². The summed E-state index contributed by atoms with van der Waals surface area (Å²) >= 11 is 0. The number of alkyl halides is 2. The van der Waals surface area contributed by atoms with E-state index in [2.05, 4.69) is 25.3 Å². The summed E-state index contributed by atoms with van der Waals surface area (Å²) in [5, 5.41) is 6.40. The molecule has 1 aromatic rings. The molecule has 0 saturated heterocycles. The van der Waals surface area contributed by atoms with Gasteiger partial charge >= 0.3 is 6.61 Å². The van der Waals surface area contributed by atoms with Gasteiger partial charge in [-0.05, 0) is 32.5 Å². The number of hydrogen-bond donors (Lipinski definition) is 2. The maximum atomic E-state index is 12.7. The molecule has 0 spiro atoms. The molecule has 0 unspecified atom stereocenters. The quantitative estimate of drug-likeness (QED) is 0.177. The molecule has 0 aliphatic rings. The molecule has 0 aliphatic heterocycles. The van der Waals surface area contributed by atoms with Crippen LogP contribution in [0.2, 0.25) is 0 Å². The molecule has 0 radical (unpaired) electrons. The van der Waals surface area contributed by atoms with E-state index >= 15 is 0 Å². The molecule has 0 heterocycles. The molecular formula is C19H33F2IN4O3. The smallest absolute Gasteiger partial charge is 0.387 e. The summed E-state index contributed by atoms with van der Waals surface area (Å²) in [5.41, 5.74) is 0.551. The van der Waals surface area contributed by atoms with Gasteiger partial charge in [-0.1, -0.05) is 0 Å². The van der Waals surface area contributed by atoms with E-state index in [0.717, 1.165) is 26.1 Å². The van der Waals surface area contributed by atoms with Gasteiger partial charge in [-0.15, -0.1) is 24.0 Å². The van der Waals surface area contributed by atoms with Gasteiger partial charge in [0.1, 0.15) is 11.5 Å². The second-order valence-corrected chi connectivity index (χ2v) is 6.12. The zero-order valence-electron chi connectivity index (χ0n) is 17.5. The Bertz CT molecular complexity index is 595. The second kappa shape index (κ2) is 16.4. The number of aliphatic imine (C=N–C) groups is 1. The third-order valence-corrected chi connectivity index (χ3v) is 3.92. The fraction of sp³-hybridized carbons (Fsp3) is 0.632. The van der Waals surface area contributed by atoms with E-state index in [1.165, 1.54) is 13.2 Å². The minimum absolute atomic E-state index is 0. The lowest BCUT2D eigenvalue weighted by atomic mass is 10.2. The minimum Gasteiger partial charge on any atom is -0.497 e. The van der Waals surface area contributed by atoms with Gasteiger partial charge in [0.25, 0.3) is 0 Å². The van der Waals surface area contributed by atoms with Gasteiger partial charge in [0.2, 0.25) is 0 Å². The summed E-state index contributed by atoms with van der Waals surface area (Å²) in [4.78, 5) is 6.67. The maximum Gasteiger partial charge on any atom is 0.387 e. The molecule has 0 aromatic heterocycles. The molecule has 29 heavy (non-hydrogen) atoms. The summed E-state index contributed by atoms with van der Waals surface area (Å²) in [7, 11) is 5.22. The van der Waals surface area contributed by atoms with E-state index in [-0.39, 0.29) is 36.3 Å². The number of benzene rings is 1. The monoisotopic (exact) mass is 530 g/mol. The Kier molecular flexibility index (Phi) is 15.6. The fourth-order valence-electron chi connectivity index (χ4n) is 2.46. The average Bonchev–Trinajstić information content (AvgIpc) is 2.66. The van der Waals surface area contributed by atoms with Crippen LogP contribution in [0.25, 0.3) is 0 Å². The van der Waals surface area contributed by atoms with Crippen molar-refractivity contribution >= 4 is 29.9 Å². The first-order valence-electron chi connectivity index (χ1n) is 9.31. The lowest BCUT2D eigenvalue weighted by Gasteiger charge is -2.18. The highest BCUT2D eigenvalue weighted by Crippen LogP contribution is 2.27. The molecule has 0 amide bonds. The second-order valence-electron chi connectivity index (χ2n) is 6.12. The highest BCUT2D eigenvalue weighted by Gasteiger charge is 2.11. The van der Waals surface area contributed by atoms with Crippen molar-refractivity contribution in [3.63, 3.8) is 0 Å². The molecule has 0 saturated carbocycles. The standard InChI is InChI=1S/C19H32F2N4O3.HI/c1-5-22-19(23-9-11-25(2)10-6-12-26-3)24-14-15-7-8-16(27-4)13-17(15)28-18(20)21;/h7-8,13,18H,5-6,9-12,14H2,1-4H3,(H2,22,23,24);1H. The summed E-state index contributed by atoms with van der Waals surface area (Å²) in [6.07, 6.45) is 0.978. The van der Waals surface area contributed by atoms with Crippen molar-refractivity contribution in [1.29, 1.82) is 0 Å². The first-order valence-corrected chi connectivity index (χ1v) is 9.31. The van der Waals surface area contributed by atoms with Crippen LogP contribution < -0.4 is 20.1 Å². The zero-order chi connectivity index (χ0) is 20.8. The number of nitrogens with one attached hydrogen (secondary N) is 2. The number of methoxy groups -OCH3 is 2. The van der Waals surface area contributed by atoms with E-state index in [1.54, 1.807) is 19.2 Å². The van der Waals surface area contributed by atoms with Crippen LogP contribution in [0.1, 0.15) is 18.9 Å². The number of rotatable bonds is 13. The van der Waals surface area contributed by atoms with Crippen LogP contribution in [0, 0.1) is 0 Å². The van der Waals surface area contributed by atoms with Gasteiger partial charge in [-0.2, -0.15) is 8.78 Å². The molecule has 1 rings (SSSR count). The Morgan fingerprint density at radius 1 is 1.21 bits per heavy atom. The molecule has 2 N–H and O–H groups in total. The van der Waals surface area contributed by atoms with Crippen molar-refractivity contribution in [2.45, 2.75) is 26.5 Å². The van der Waals surface area contributed by atoms with Gasteiger partial charge in [-0.3, -0.25) is 0 Å². The highest BCUT2D eigenvalue weighted by atomic mass is 127. The normalized spacial score (nSPS) is 11.4. The number of likely N-dealkylation sites (N-methyl/N-ethyl adjacent to an activating group) is 1. The number of halogens is 3. The molecule has 0 aliphatic carbocycles. The summed E-state index contributed by atoms with van der Waals surface area (Å²) < 4.78 is 40.1. The van der Waals surface area contributed by atoms with Gasteiger partial charge in [0, 0.05) is 51.5 Å². The van der Waals surface area contributed by atoms with Gasteiger partial charge in [-0.25, -0.2) is 4.99 Å². The van der Waals surface area contributed by atoms with Gasteiger partial charge in [0.15, 0.2) is 5.96 Å². The lowest BCUT2D eigenvalue weighted by molar-refractivity contribution is -0.0505. The Morgan fingerprint density at radius 2 is 1.97 bits per heavy atom. The third-order valence-electron chi connectivity index (χ3n) is 3.92. The van der Waals surface area contributed by atoms with Crippen molar-refractivity contribution in [2.75, 3.05) is 54.1 Å². The lowest BCUT2D eigenvalue weighted by Crippen LogP contribution is -2.41. The van der Waals surface area contributed by atoms with Crippen molar-refractivity contribution in [3.05, 3.63) is 23.8 Å². The molecule has 10 heteroatoms. The average molecular weight is 530 g/mol.